The highest BCUT2D eigenvalue weighted by molar-refractivity contribution is 5.86. The molecule has 0 spiro atoms. The van der Waals surface area contributed by atoms with Gasteiger partial charge >= 0.3 is 0 Å². The molecule has 0 radical (unpaired) electrons. The van der Waals surface area contributed by atoms with Gasteiger partial charge in [-0.25, -0.2) is 0 Å². The third kappa shape index (κ3) is 3.21. The lowest BCUT2D eigenvalue weighted by molar-refractivity contribution is 0.450. The van der Waals surface area contributed by atoms with Crippen molar-refractivity contribution in [2.24, 2.45) is 0 Å². The van der Waals surface area contributed by atoms with Crippen LogP contribution in [0.3, 0.4) is 0 Å². The van der Waals surface area contributed by atoms with E-state index in [1.807, 2.05) is 73.7 Å². The van der Waals surface area contributed by atoms with E-state index >= 15 is 0 Å². The van der Waals surface area contributed by atoms with Crippen LogP contribution in [0.15, 0.2) is 108 Å². The molecular weight excluding hydrogens is 394 g/mol. The average Bonchev–Trinajstić information content (AvgIpc) is 3.23. The standard InChI is InChI=1S/C28H21N3O/c1-20-25-17-21(19-29)26(18-27(25)32-31-20)30-28(22-11-5-2-6-12-22,23-13-7-3-8-14-23)24-15-9-4-10-16-24/h2-18,30H,1H3. The van der Waals surface area contributed by atoms with Gasteiger partial charge in [0.15, 0.2) is 5.58 Å². The topological polar surface area (TPSA) is 61.9 Å². The van der Waals surface area contributed by atoms with Gasteiger partial charge in [0.05, 0.1) is 16.9 Å². The summed E-state index contributed by atoms with van der Waals surface area (Å²) in [4.78, 5) is 0. The molecule has 0 saturated heterocycles. The molecule has 1 aromatic heterocycles. The molecular formula is C28H21N3O. The molecule has 32 heavy (non-hydrogen) atoms. The van der Waals surface area contributed by atoms with E-state index in [1.54, 1.807) is 0 Å². The summed E-state index contributed by atoms with van der Waals surface area (Å²) in [6, 6.07) is 36.9. The summed E-state index contributed by atoms with van der Waals surface area (Å²) in [6.07, 6.45) is 0. The molecule has 5 rings (SSSR count). The van der Waals surface area contributed by atoms with Crippen LogP contribution in [-0.2, 0) is 5.54 Å². The van der Waals surface area contributed by atoms with Crippen molar-refractivity contribution in [3.63, 3.8) is 0 Å². The maximum atomic E-state index is 9.97. The number of benzene rings is 4. The number of nitrogens with one attached hydrogen (secondary N) is 1. The minimum Gasteiger partial charge on any atom is -0.367 e. The summed E-state index contributed by atoms with van der Waals surface area (Å²) < 4.78 is 5.52. The smallest absolute Gasteiger partial charge is 0.169 e. The Hall–Kier alpha value is -4.36. The maximum absolute atomic E-state index is 9.97. The summed E-state index contributed by atoms with van der Waals surface area (Å²) >= 11 is 0. The van der Waals surface area contributed by atoms with Gasteiger partial charge in [-0.1, -0.05) is 96.2 Å². The van der Waals surface area contributed by atoms with Gasteiger partial charge in [-0.15, -0.1) is 0 Å². The first-order valence-corrected chi connectivity index (χ1v) is 10.5. The normalized spacial score (nSPS) is 11.2. The van der Waals surface area contributed by atoms with E-state index in [2.05, 4.69) is 52.9 Å². The molecule has 154 valence electrons. The molecule has 4 aromatic carbocycles. The van der Waals surface area contributed by atoms with Crippen LogP contribution < -0.4 is 5.32 Å². The number of nitrogens with zero attached hydrogens (tertiary/aromatic N) is 2. The van der Waals surface area contributed by atoms with Crippen LogP contribution in [0.25, 0.3) is 11.0 Å². The zero-order chi connectivity index (χ0) is 22.0. The number of aromatic nitrogens is 1. The molecule has 5 aromatic rings. The minimum atomic E-state index is -0.724. The molecule has 0 fully saturated rings. The van der Waals surface area contributed by atoms with E-state index in [1.165, 1.54) is 0 Å². The molecule has 0 unspecified atom stereocenters. The molecule has 4 nitrogen and oxygen atoms in total. The van der Waals surface area contributed by atoms with Gasteiger partial charge in [-0.05, 0) is 29.7 Å². The summed E-state index contributed by atoms with van der Waals surface area (Å²) in [5.41, 5.74) is 5.11. The van der Waals surface area contributed by atoms with Crippen LogP contribution in [-0.4, -0.2) is 5.16 Å². The Morgan fingerprint density at radius 1 is 0.781 bits per heavy atom. The lowest BCUT2D eigenvalue weighted by Crippen LogP contribution is -2.38. The van der Waals surface area contributed by atoms with Crippen molar-refractivity contribution < 1.29 is 4.52 Å². The van der Waals surface area contributed by atoms with Crippen molar-refractivity contribution in [3.05, 3.63) is 131 Å². The SMILES string of the molecule is Cc1noc2cc(NC(c3ccccc3)(c3ccccc3)c3ccccc3)c(C#N)cc12. The second-order valence-corrected chi connectivity index (χ2v) is 7.75. The fraction of sp³-hybridized carbons (Fsp3) is 0.0714. The zero-order valence-corrected chi connectivity index (χ0v) is 17.6. The van der Waals surface area contributed by atoms with Crippen LogP contribution in [0, 0.1) is 18.3 Å². The van der Waals surface area contributed by atoms with Gasteiger partial charge in [0.25, 0.3) is 0 Å². The second kappa shape index (κ2) is 8.05. The molecule has 1 heterocycles. The summed E-state index contributed by atoms with van der Waals surface area (Å²) in [7, 11) is 0. The van der Waals surface area contributed by atoms with Gasteiger partial charge in [-0.2, -0.15) is 5.26 Å². The Balaban J connectivity index is 1.81. The van der Waals surface area contributed by atoms with E-state index in [-0.39, 0.29) is 0 Å². The minimum absolute atomic E-state index is 0.538. The van der Waals surface area contributed by atoms with E-state index in [4.69, 9.17) is 4.52 Å². The van der Waals surface area contributed by atoms with E-state index < -0.39 is 5.54 Å². The molecule has 0 amide bonds. The largest absolute Gasteiger partial charge is 0.367 e. The van der Waals surface area contributed by atoms with E-state index in [0.717, 1.165) is 27.8 Å². The molecule has 0 bridgehead atoms. The Morgan fingerprint density at radius 2 is 1.28 bits per heavy atom. The second-order valence-electron chi connectivity index (χ2n) is 7.75. The van der Waals surface area contributed by atoms with Crippen LogP contribution in [0.5, 0.6) is 0 Å². The van der Waals surface area contributed by atoms with E-state index in [9.17, 15) is 5.26 Å². The number of rotatable bonds is 5. The van der Waals surface area contributed by atoms with Crippen molar-refractivity contribution in [2.45, 2.75) is 12.5 Å². The van der Waals surface area contributed by atoms with Crippen molar-refractivity contribution >= 4 is 16.7 Å². The van der Waals surface area contributed by atoms with E-state index in [0.29, 0.717) is 16.8 Å². The van der Waals surface area contributed by atoms with Crippen LogP contribution in [0.1, 0.15) is 27.9 Å². The Bertz CT molecular complexity index is 1300. The monoisotopic (exact) mass is 415 g/mol. The predicted octanol–water partition coefficient (Wildman–Crippen LogP) is 6.41. The zero-order valence-electron chi connectivity index (χ0n) is 17.6. The molecule has 1 N–H and O–H groups in total. The lowest BCUT2D eigenvalue weighted by Gasteiger charge is -2.38. The average molecular weight is 415 g/mol. The number of fused-ring (bicyclic) bond motifs is 1. The molecule has 0 aliphatic carbocycles. The number of nitriles is 1. The third-order valence-corrected chi connectivity index (χ3v) is 5.85. The molecule has 0 aliphatic rings. The Morgan fingerprint density at radius 3 is 1.75 bits per heavy atom. The van der Waals surface area contributed by atoms with Gasteiger partial charge in [0.1, 0.15) is 11.6 Å². The number of hydrogen-bond acceptors (Lipinski definition) is 4. The highest BCUT2D eigenvalue weighted by Gasteiger charge is 2.37. The van der Waals surface area contributed by atoms with Gasteiger partial charge < -0.3 is 9.84 Å². The van der Waals surface area contributed by atoms with Crippen LogP contribution in [0.4, 0.5) is 5.69 Å². The summed E-state index contributed by atoms with van der Waals surface area (Å²) in [5, 5.41) is 18.6. The molecule has 0 aliphatic heterocycles. The van der Waals surface area contributed by atoms with Crippen LogP contribution >= 0.6 is 0 Å². The van der Waals surface area contributed by atoms with Crippen molar-refractivity contribution in [1.82, 2.24) is 5.16 Å². The number of aryl methyl sites for hydroxylation is 1. The molecule has 0 atom stereocenters. The first-order chi connectivity index (χ1) is 15.7. The first-order valence-electron chi connectivity index (χ1n) is 10.5. The Kier molecular flexibility index (Phi) is 4.93. The van der Waals surface area contributed by atoms with Gasteiger partial charge in [-0.3, -0.25) is 0 Å². The highest BCUT2D eigenvalue weighted by atomic mass is 16.5. The predicted molar refractivity (Wildman–Crippen MR) is 126 cm³/mol. The quantitative estimate of drug-likeness (QED) is 0.337. The molecule has 0 saturated carbocycles. The van der Waals surface area contributed by atoms with Crippen molar-refractivity contribution in [3.8, 4) is 6.07 Å². The first kappa shape index (κ1) is 19.6. The maximum Gasteiger partial charge on any atom is 0.169 e. The molecule has 4 heteroatoms. The fourth-order valence-corrected chi connectivity index (χ4v) is 4.28. The summed E-state index contributed by atoms with van der Waals surface area (Å²) in [6.45, 7) is 1.88. The summed E-state index contributed by atoms with van der Waals surface area (Å²) in [5.74, 6) is 0. The van der Waals surface area contributed by atoms with Gasteiger partial charge in [0.2, 0.25) is 0 Å². The van der Waals surface area contributed by atoms with Crippen molar-refractivity contribution in [1.29, 1.82) is 5.26 Å². The lowest BCUT2D eigenvalue weighted by atomic mass is 9.76. The highest BCUT2D eigenvalue weighted by Crippen LogP contribution is 2.41. The number of anilines is 1. The number of hydrogen-bond donors (Lipinski definition) is 1. The third-order valence-electron chi connectivity index (χ3n) is 5.85. The Labute approximate surface area is 186 Å². The van der Waals surface area contributed by atoms with Crippen LogP contribution in [0.2, 0.25) is 0 Å². The fourth-order valence-electron chi connectivity index (χ4n) is 4.28. The van der Waals surface area contributed by atoms with Gasteiger partial charge in [0, 0.05) is 11.5 Å². The van der Waals surface area contributed by atoms with Crippen molar-refractivity contribution in [2.75, 3.05) is 5.32 Å².